The van der Waals surface area contributed by atoms with Gasteiger partial charge in [0.05, 0.1) is 22.1 Å². The molecule has 0 radical (unpaired) electrons. The van der Waals surface area contributed by atoms with Crippen LogP contribution < -0.4 is 10.1 Å². The van der Waals surface area contributed by atoms with E-state index in [-0.39, 0.29) is 29.4 Å². The van der Waals surface area contributed by atoms with E-state index in [1.54, 1.807) is 0 Å². The number of carbonyl (C=O) groups excluding carboxylic acids is 1. The fourth-order valence-electron chi connectivity index (χ4n) is 2.49. The highest BCUT2D eigenvalue weighted by atomic mass is 35.5. The van der Waals surface area contributed by atoms with Gasteiger partial charge in [0, 0.05) is 12.1 Å². The number of nitrogens with zero attached hydrogens (tertiary/aromatic N) is 1. The number of fused-ring (bicyclic) bond motifs is 1. The Morgan fingerprint density at radius 3 is 2.62 bits per heavy atom. The van der Waals surface area contributed by atoms with Gasteiger partial charge in [-0.05, 0) is 29.0 Å². The van der Waals surface area contributed by atoms with Crippen molar-refractivity contribution < 1.29 is 14.5 Å². The van der Waals surface area contributed by atoms with E-state index in [1.807, 2.05) is 42.5 Å². The van der Waals surface area contributed by atoms with Crippen LogP contribution in [0.2, 0.25) is 5.02 Å². The standard InChI is InChI=1S/C19H15ClN2O4/c20-18-8-6-15(22(24)25)12-17(18)19(23)21-9-10-26-16-7-5-13-3-1-2-4-14(13)11-16/h1-8,11-12H,9-10H2,(H,21,23). The third-order valence-electron chi connectivity index (χ3n) is 3.78. The summed E-state index contributed by atoms with van der Waals surface area (Å²) in [6.07, 6.45) is 0. The van der Waals surface area contributed by atoms with Crippen molar-refractivity contribution in [2.24, 2.45) is 0 Å². The van der Waals surface area contributed by atoms with Crippen molar-refractivity contribution in [2.75, 3.05) is 13.2 Å². The van der Waals surface area contributed by atoms with Crippen LogP contribution in [0.5, 0.6) is 5.75 Å². The van der Waals surface area contributed by atoms with E-state index in [2.05, 4.69) is 5.32 Å². The fraction of sp³-hybridized carbons (Fsp3) is 0.105. The lowest BCUT2D eigenvalue weighted by molar-refractivity contribution is -0.384. The van der Waals surface area contributed by atoms with Crippen molar-refractivity contribution in [1.29, 1.82) is 0 Å². The number of hydrogen-bond acceptors (Lipinski definition) is 4. The van der Waals surface area contributed by atoms with Gasteiger partial charge in [0.25, 0.3) is 11.6 Å². The second-order valence-corrected chi connectivity index (χ2v) is 5.94. The molecule has 0 spiro atoms. The number of hydrogen-bond donors (Lipinski definition) is 1. The molecule has 0 unspecified atom stereocenters. The molecule has 0 saturated heterocycles. The van der Waals surface area contributed by atoms with E-state index in [0.29, 0.717) is 5.75 Å². The Morgan fingerprint density at radius 1 is 1.08 bits per heavy atom. The molecule has 3 aromatic rings. The van der Waals surface area contributed by atoms with Gasteiger partial charge in [-0.25, -0.2) is 0 Å². The third kappa shape index (κ3) is 4.10. The van der Waals surface area contributed by atoms with Crippen LogP contribution in [0.4, 0.5) is 5.69 Å². The van der Waals surface area contributed by atoms with Crippen molar-refractivity contribution >= 4 is 34.0 Å². The topological polar surface area (TPSA) is 81.5 Å². The molecule has 0 fully saturated rings. The molecule has 0 aliphatic heterocycles. The number of halogens is 1. The van der Waals surface area contributed by atoms with Gasteiger partial charge in [-0.15, -0.1) is 0 Å². The largest absolute Gasteiger partial charge is 0.492 e. The minimum Gasteiger partial charge on any atom is -0.492 e. The van der Waals surface area contributed by atoms with Gasteiger partial charge in [0.2, 0.25) is 0 Å². The molecule has 0 atom stereocenters. The molecule has 0 heterocycles. The van der Waals surface area contributed by atoms with E-state index in [4.69, 9.17) is 16.3 Å². The van der Waals surface area contributed by atoms with Gasteiger partial charge >= 0.3 is 0 Å². The predicted octanol–water partition coefficient (Wildman–Crippen LogP) is 4.21. The van der Waals surface area contributed by atoms with E-state index in [9.17, 15) is 14.9 Å². The molecule has 0 bridgehead atoms. The van der Waals surface area contributed by atoms with Crippen molar-refractivity contribution in [1.82, 2.24) is 5.32 Å². The SMILES string of the molecule is O=C(NCCOc1ccc2ccccc2c1)c1cc([N+](=O)[O-])ccc1Cl. The second kappa shape index (κ2) is 7.84. The molecule has 26 heavy (non-hydrogen) atoms. The molecule has 0 aromatic heterocycles. The highest BCUT2D eigenvalue weighted by Gasteiger charge is 2.15. The molecule has 0 aliphatic carbocycles. The van der Waals surface area contributed by atoms with Crippen LogP contribution in [0.15, 0.2) is 60.7 Å². The van der Waals surface area contributed by atoms with Crippen LogP contribution in [-0.4, -0.2) is 24.0 Å². The van der Waals surface area contributed by atoms with E-state index >= 15 is 0 Å². The zero-order valence-corrected chi connectivity index (χ0v) is 14.4. The Balaban J connectivity index is 1.56. The number of nitro benzene ring substituents is 1. The maximum Gasteiger partial charge on any atom is 0.270 e. The molecule has 0 saturated carbocycles. The number of non-ortho nitro benzene ring substituents is 1. The molecular formula is C19H15ClN2O4. The maximum absolute atomic E-state index is 12.2. The first-order valence-electron chi connectivity index (χ1n) is 7.88. The van der Waals surface area contributed by atoms with Crippen LogP contribution >= 0.6 is 11.6 Å². The molecule has 1 amide bonds. The summed E-state index contributed by atoms with van der Waals surface area (Å²) < 4.78 is 5.64. The molecule has 3 aromatic carbocycles. The lowest BCUT2D eigenvalue weighted by Crippen LogP contribution is -2.28. The van der Waals surface area contributed by atoms with Gasteiger partial charge in [0.15, 0.2) is 0 Å². The number of benzene rings is 3. The van der Waals surface area contributed by atoms with Crippen LogP contribution in [-0.2, 0) is 0 Å². The number of amides is 1. The van der Waals surface area contributed by atoms with Gasteiger partial charge < -0.3 is 10.1 Å². The van der Waals surface area contributed by atoms with Crippen LogP contribution in [0.25, 0.3) is 10.8 Å². The Kier molecular flexibility index (Phi) is 5.34. The second-order valence-electron chi connectivity index (χ2n) is 5.53. The van der Waals surface area contributed by atoms with Gasteiger partial charge in [-0.1, -0.05) is 41.9 Å². The minimum absolute atomic E-state index is 0.0616. The van der Waals surface area contributed by atoms with Crippen molar-refractivity contribution in [3.05, 3.63) is 81.4 Å². The molecule has 3 rings (SSSR count). The number of nitro groups is 1. The van der Waals surface area contributed by atoms with Crippen molar-refractivity contribution in [3.63, 3.8) is 0 Å². The monoisotopic (exact) mass is 370 g/mol. The van der Waals surface area contributed by atoms with Gasteiger partial charge in [-0.2, -0.15) is 0 Å². The summed E-state index contributed by atoms with van der Waals surface area (Å²) in [5.74, 6) is 0.215. The van der Waals surface area contributed by atoms with E-state index in [0.717, 1.165) is 16.8 Å². The van der Waals surface area contributed by atoms with Crippen LogP contribution in [0.1, 0.15) is 10.4 Å². The molecule has 0 aliphatic rings. The van der Waals surface area contributed by atoms with Crippen LogP contribution in [0, 0.1) is 10.1 Å². The Morgan fingerprint density at radius 2 is 1.85 bits per heavy atom. The first-order valence-corrected chi connectivity index (χ1v) is 8.26. The zero-order valence-electron chi connectivity index (χ0n) is 13.6. The quantitative estimate of drug-likeness (QED) is 0.400. The Labute approximate surface area is 154 Å². The first-order chi connectivity index (χ1) is 12.5. The summed E-state index contributed by atoms with van der Waals surface area (Å²) in [6.45, 7) is 0.501. The molecule has 6 nitrogen and oxygen atoms in total. The summed E-state index contributed by atoms with van der Waals surface area (Å²) in [4.78, 5) is 22.4. The van der Waals surface area contributed by atoms with Gasteiger partial charge in [-0.3, -0.25) is 14.9 Å². The highest BCUT2D eigenvalue weighted by Crippen LogP contribution is 2.22. The zero-order chi connectivity index (χ0) is 18.5. The predicted molar refractivity (Wildman–Crippen MR) is 99.9 cm³/mol. The average molecular weight is 371 g/mol. The summed E-state index contributed by atoms with van der Waals surface area (Å²) in [6, 6.07) is 17.4. The smallest absolute Gasteiger partial charge is 0.270 e. The van der Waals surface area contributed by atoms with Gasteiger partial charge in [0.1, 0.15) is 12.4 Å². The van der Waals surface area contributed by atoms with Crippen molar-refractivity contribution in [2.45, 2.75) is 0 Å². The summed E-state index contributed by atoms with van der Waals surface area (Å²) >= 11 is 5.95. The minimum atomic E-state index is -0.573. The van der Waals surface area contributed by atoms with Crippen LogP contribution in [0.3, 0.4) is 0 Å². The number of carbonyl (C=O) groups is 1. The fourth-order valence-corrected chi connectivity index (χ4v) is 2.69. The van der Waals surface area contributed by atoms with E-state index < -0.39 is 10.8 Å². The number of ether oxygens (including phenoxy) is 1. The Bertz CT molecular complexity index is 975. The summed E-state index contributed by atoms with van der Waals surface area (Å²) in [5, 5.41) is 15.8. The molecule has 132 valence electrons. The highest BCUT2D eigenvalue weighted by molar-refractivity contribution is 6.33. The third-order valence-corrected chi connectivity index (χ3v) is 4.11. The summed E-state index contributed by atoms with van der Waals surface area (Å²) in [7, 11) is 0. The maximum atomic E-state index is 12.2. The summed E-state index contributed by atoms with van der Waals surface area (Å²) in [5.41, 5.74) is -0.126. The van der Waals surface area contributed by atoms with Crippen molar-refractivity contribution in [3.8, 4) is 5.75 Å². The Hall–Kier alpha value is -3.12. The first kappa shape index (κ1) is 17.7. The normalized spacial score (nSPS) is 10.5. The lowest BCUT2D eigenvalue weighted by atomic mass is 10.1. The molecular weight excluding hydrogens is 356 g/mol. The number of rotatable bonds is 6. The molecule has 1 N–H and O–H groups in total. The lowest BCUT2D eigenvalue weighted by Gasteiger charge is -2.09. The number of nitrogens with one attached hydrogen (secondary N) is 1. The average Bonchev–Trinajstić information content (AvgIpc) is 2.65. The van der Waals surface area contributed by atoms with E-state index in [1.165, 1.54) is 12.1 Å². The molecule has 7 heteroatoms.